The Balaban J connectivity index is 1.96. The molecule has 1 amide bonds. The number of para-hydroxylation sites is 2. The highest BCUT2D eigenvalue weighted by molar-refractivity contribution is 6.34. The smallest absolute Gasteiger partial charge is 0.374 e. The van der Waals surface area contributed by atoms with Crippen molar-refractivity contribution < 1.29 is 18.7 Å². The lowest BCUT2D eigenvalue weighted by molar-refractivity contribution is 0.0561. The van der Waals surface area contributed by atoms with Gasteiger partial charge < -0.3 is 14.1 Å². The Bertz CT molecular complexity index is 1060. The molecule has 0 bridgehead atoms. The van der Waals surface area contributed by atoms with Crippen molar-refractivity contribution in [2.24, 2.45) is 0 Å². The topological polar surface area (TPSA) is 63.0 Å². The number of carbonyl (C=O) groups is 2. The Morgan fingerprint density at radius 3 is 2.46 bits per heavy atom. The first-order chi connectivity index (χ1) is 13.5. The zero-order valence-electron chi connectivity index (χ0n) is 15.3. The first-order valence-electron chi connectivity index (χ1n) is 8.60. The number of hydrogen-bond donors (Lipinski definition) is 0. The van der Waals surface area contributed by atoms with E-state index in [0.717, 1.165) is 5.69 Å². The maximum Gasteiger partial charge on any atom is 0.374 e. The van der Waals surface area contributed by atoms with Gasteiger partial charge in [0.25, 0.3) is 5.91 Å². The van der Waals surface area contributed by atoms with Gasteiger partial charge in [-0.15, -0.1) is 0 Å². The lowest BCUT2D eigenvalue weighted by atomic mass is 10.0. The third kappa shape index (κ3) is 2.73. The van der Waals surface area contributed by atoms with Gasteiger partial charge in [0.2, 0.25) is 5.76 Å². The van der Waals surface area contributed by atoms with Crippen molar-refractivity contribution >= 4 is 34.9 Å². The molecule has 1 aromatic heterocycles. The fourth-order valence-corrected chi connectivity index (χ4v) is 3.75. The van der Waals surface area contributed by atoms with Crippen LogP contribution < -0.4 is 9.80 Å². The van der Waals surface area contributed by atoms with Crippen LogP contribution in [0.4, 0.5) is 11.4 Å². The number of esters is 1. The van der Waals surface area contributed by atoms with E-state index in [1.807, 2.05) is 36.2 Å². The minimum atomic E-state index is -0.643. The second-order valence-electron chi connectivity index (χ2n) is 6.32. The van der Waals surface area contributed by atoms with E-state index in [2.05, 4.69) is 0 Å². The van der Waals surface area contributed by atoms with Crippen molar-refractivity contribution in [3.05, 3.63) is 82.8 Å². The highest BCUT2D eigenvalue weighted by Crippen LogP contribution is 2.43. The van der Waals surface area contributed by atoms with E-state index in [9.17, 15) is 9.59 Å². The molecule has 0 N–H and O–H groups in total. The van der Waals surface area contributed by atoms with Crippen LogP contribution in [0.3, 0.4) is 0 Å². The largest absolute Gasteiger partial charge is 0.463 e. The fraction of sp³-hybridized carbons (Fsp3) is 0.143. The van der Waals surface area contributed by atoms with Gasteiger partial charge in [0, 0.05) is 12.6 Å². The van der Waals surface area contributed by atoms with Gasteiger partial charge in [0.05, 0.1) is 35.3 Å². The van der Waals surface area contributed by atoms with Crippen molar-refractivity contribution in [2.45, 2.75) is 6.17 Å². The van der Waals surface area contributed by atoms with Crippen molar-refractivity contribution in [1.29, 1.82) is 0 Å². The van der Waals surface area contributed by atoms with E-state index < -0.39 is 12.1 Å². The summed E-state index contributed by atoms with van der Waals surface area (Å²) < 4.78 is 10.2. The zero-order chi connectivity index (χ0) is 19.8. The van der Waals surface area contributed by atoms with Crippen LogP contribution in [-0.4, -0.2) is 26.0 Å². The van der Waals surface area contributed by atoms with Crippen LogP contribution in [0.15, 0.2) is 65.3 Å². The highest BCUT2D eigenvalue weighted by atomic mass is 35.5. The zero-order valence-corrected chi connectivity index (χ0v) is 16.0. The summed E-state index contributed by atoms with van der Waals surface area (Å²) in [6.45, 7) is 0. The lowest BCUT2D eigenvalue weighted by Gasteiger charge is -2.43. The minimum absolute atomic E-state index is 0.0450. The summed E-state index contributed by atoms with van der Waals surface area (Å²) in [5.41, 5.74) is 2.34. The normalized spacial score (nSPS) is 16.1. The van der Waals surface area contributed by atoms with Crippen molar-refractivity contribution in [1.82, 2.24) is 0 Å². The SMILES string of the molecule is COC(=O)c1occc1C1N(C)c2ccccc2C(=O)N1c1ccccc1Cl. The molecule has 1 aliphatic heterocycles. The quantitative estimate of drug-likeness (QED) is 0.609. The Kier molecular flexibility index (Phi) is 4.57. The molecule has 2 heterocycles. The number of anilines is 2. The summed E-state index contributed by atoms with van der Waals surface area (Å²) >= 11 is 6.43. The van der Waals surface area contributed by atoms with Gasteiger partial charge in [-0.1, -0.05) is 35.9 Å². The number of carbonyl (C=O) groups excluding carboxylic acids is 2. The van der Waals surface area contributed by atoms with Gasteiger partial charge in [-0.3, -0.25) is 9.69 Å². The molecule has 6 nitrogen and oxygen atoms in total. The van der Waals surface area contributed by atoms with E-state index in [0.29, 0.717) is 21.8 Å². The lowest BCUT2D eigenvalue weighted by Crippen LogP contribution is -2.48. The van der Waals surface area contributed by atoms with E-state index >= 15 is 0 Å². The molecule has 142 valence electrons. The van der Waals surface area contributed by atoms with Crippen LogP contribution in [-0.2, 0) is 4.74 Å². The fourth-order valence-electron chi connectivity index (χ4n) is 3.52. The van der Waals surface area contributed by atoms with Crippen molar-refractivity contribution in [3.63, 3.8) is 0 Å². The van der Waals surface area contributed by atoms with Gasteiger partial charge in [0.1, 0.15) is 6.17 Å². The van der Waals surface area contributed by atoms with Gasteiger partial charge in [-0.2, -0.15) is 0 Å². The summed E-state index contributed by atoms with van der Waals surface area (Å²) in [6, 6.07) is 16.1. The summed E-state index contributed by atoms with van der Waals surface area (Å²) in [5.74, 6) is -0.786. The first kappa shape index (κ1) is 18.1. The standard InChI is InChI=1S/C21H17ClN2O4/c1-23-16-9-5-3-7-13(16)20(25)24(17-10-6-4-8-15(17)22)19(23)14-11-12-28-18(14)21(26)27-2/h3-12,19H,1-2H3. The predicted molar refractivity (Wildman–Crippen MR) is 106 cm³/mol. The summed E-state index contributed by atoms with van der Waals surface area (Å²) in [4.78, 5) is 29.2. The molecule has 4 rings (SSSR count). The third-order valence-corrected chi connectivity index (χ3v) is 5.12. The number of halogens is 1. The van der Waals surface area contributed by atoms with E-state index in [-0.39, 0.29) is 11.7 Å². The molecule has 0 spiro atoms. The van der Waals surface area contributed by atoms with Crippen molar-refractivity contribution in [3.8, 4) is 0 Å². The second-order valence-corrected chi connectivity index (χ2v) is 6.73. The molecule has 0 aliphatic carbocycles. The van der Waals surface area contributed by atoms with E-state index in [1.54, 1.807) is 35.2 Å². The number of rotatable bonds is 3. The number of furan rings is 1. The average molecular weight is 397 g/mol. The molecule has 0 radical (unpaired) electrons. The van der Waals surface area contributed by atoms with Crippen molar-refractivity contribution in [2.75, 3.05) is 24.0 Å². The van der Waals surface area contributed by atoms with Gasteiger partial charge >= 0.3 is 5.97 Å². The Morgan fingerprint density at radius 2 is 1.75 bits per heavy atom. The van der Waals surface area contributed by atoms with Crippen LogP contribution in [0.2, 0.25) is 5.02 Å². The number of nitrogens with zero attached hydrogens (tertiary/aromatic N) is 2. The predicted octanol–water partition coefficient (Wildman–Crippen LogP) is 4.52. The Labute approximate surface area is 166 Å². The molecule has 0 saturated heterocycles. The van der Waals surface area contributed by atoms with Crippen LogP contribution in [0, 0.1) is 0 Å². The van der Waals surface area contributed by atoms with Crippen LogP contribution >= 0.6 is 11.6 Å². The van der Waals surface area contributed by atoms with Gasteiger partial charge in [-0.25, -0.2) is 4.79 Å². The number of hydrogen-bond acceptors (Lipinski definition) is 5. The van der Waals surface area contributed by atoms with E-state index in [4.69, 9.17) is 20.8 Å². The van der Waals surface area contributed by atoms with Gasteiger partial charge in [-0.05, 0) is 30.3 Å². The number of benzene rings is 2. The summed E-state index contributed by atoms with van der Waals surface area (Å²) in [6.07, 6.45) is 0.765. The molecule has 7 heteroatoms. The maximum atomic E-state index is 13.5. The monoisotopic (exact) mass is 396 g/mol. The minimum Gasteiger partial charge on any atom is -0.463 e. The molecule has 1 unspecified atom stereocenters. The molecule has 2 aromatic carbocycles. The van der Waals surface area contributed by atoms with E-state index in [1.165, 1.54) is 13.4 Å². The van der Waals surface area contributed by atoms with Crippen LogP contribution in [0.5, 0.6) is 0 Å². The Hall–Kier alpha value is -3.25. The number of amides is 1. The molecule has 0 saturated carbocycles. The molecular weight excluding hydrogens is 380 g/mol. The highest BCUT2D eigenvalue weighted by Gasteiger charge is 2.41. The van der Waals surface area contributed by atoms with Crippen LogP contribution in [0.1, 0.15) is 32.6 Å². The summed E-state index contributed by atoms with van der Waals surface area (Å²) in [7, 11) is 3.14. The average Bonchev–Trinajstić information content (AvgIpc) is 3.20. The summed E-state index contributed by atoms with van der Waals surface area (Å²) in [5, 5.41) is 0.428. The Morgan fingerprint density at radius 1 is 1.07 bits per heavy atom. The molecule has 1 aliphatic rings. The molecule has 1 atom stereocenters. The molecular formula is C21H17ClN2O4. The number of ether oxygens (including phenoxy) is 1. The van der Waals surface area contributed by atoms with Crippen LogP contribution in [0.25, 0.3) is 0 Å². The second kappa shape index (κ2) is 7.05. The molecule has 28 heavy (non-hydrogen) atoms. The number of fused-ring (bicyclic) bond motifs is 1. The third-order valence-electron chi connectivity index (χ3n) is 4.80. The van der Waals surface area contributed by atoms with Gasteiger partial charge in [0.15, 0.2) is 0 Å². The molecule has 0 fully saturated rings. The molecule has 3 aromatic rings. The first-order valence-corrected chi connectivity index (χ1v) is 8.98. The maximum absolute atomic E-state index is 13.5. The number of methoxy groups -OCH3 is 1.